The number of nitrogens with zero attached hydrogens (tertiary/aromatic N) is 4. The second kappa shape index (κ2) is 6.97. The van der Waals surface area contributed by atoms with Gasteiger partial charge in [0.2, 0.25) is 0 Å². The quantitative estimate of drug-likeness (QED) is 0.571. The van der Waals surface area contributed by atoms with Crippen LogP contribution < -0.4 is 16.8 Å². The van der Waals surface area contributed by atoms with Gasteiger partial charge in [-0.25, -0.2) is 4.98 Å². The van der Waals surface area contributed by atoms with E-state index in [-0.39, 0.29) is 5.82 Å². The highest BCUT2D eigenvalue weighted by Crippen LogP contribution is 2.43. The normalized spacial score (nSPS) is 16.8. The van der Waals surface area contributed by atoms with Crippen molar-refractivity contribution in [3.8, 4) is 12.1 Å². The third kappa shape index (κ3) is 2.78. The molecule has 1 aliphatic heterocycles. The molecule has 0 amide bonds. The third-order valence-electron chi connectivity index (χ3n) is 4.49. The molecular formula is C19H15N7S2. The highest BCUT2D eigenvalue weighted by Gasteiger charge is 2.35. The molecule has 28 heavy (non-hydrogen) atoms. The smallest absolute Gasteiger partial charge is 0.194 e. The number of thioether (sulfide) groups is 1. The average molecular weight is 406 g/mol. The number of hydrogen-bond donors (Lipinski definition) is 3. The molecular weight excluding hydrogens is 390 g/mol. The van der Waals surface area contributed by atoms with Crippen LogP contribution in [0.1, 0.15) is 17.3 Å². The number of hydrogen-bond acceptors (Lipinski definition) is 8. The van der Waals surface area contributed by atoms with Gasteiger partial charge in [-0.05, 0) is 19.1 Å². The fourth-order valence-electron chi connectivity index (χ4n) is 3.22. The summed E-state index contributed by atoms with van der Waals surface area (Å²) in [6.45, 7) is 1.87. The minimum absolute atomic E-state index is 0.230. The van der Waals surface area contributed by atoms with Crippen LogP contribution in [0.25, 0.3) is 4.96 Å². The number of anilines is 1. The molecule has 1 aliphatic rings. The standard InChI is InChI=1S/C19H15N7S2/c1-10-16(26-6-7-27-19(26)24-10)15-11(8-20)17(23)25-18(12(15)9-21)28-14-5-3-2-4-13(14)22/h2-7,15,25H,22-23H2,1H3. The van der Waals surface area contributed by atoms with Crippen molar-refractivity contribution in [2.45, 2.75) is 17.7 Å². The van der Waals surface area contributed by atoms with Gasteiger partial charge in [-0.1, -0.05) is 23.9 Å². The number of imidazole rings is 1. The van der Waals surface area contributed by atoms with Gasteiger partial charge < -0.3 is 16.8 Å². The number of nitrogens with one attached hydrogen (secondary N) is 1. The van der Waals surface area contributed by atoms with Crippen molar-refractivity contribution < 1.29 is 0 Å². The highest BCUT2D eigenvalue weighted by molar-refractivity contribution is 8.03. The fourth-order valence-corrected chi connectivity index (χ4v) is 4.98. The number of aromatic nitrogens is 2. The van der Waals surface area contributed by atoms with Crippen LogP contribution >= 0.6 is 23.1 Å². The third-order valence-corrected chi connectivity index (χ3v) is 6.36. The Morgan fingerprint density at radius 3 is 2.68 bits per heavy atom. The lowest BCUT2D eigenvalue weighted by atomic mass is 9.86. The summed E-state index contributed by atoms with van der Waals surface area (Å²) in [4.78, 5) is 6.17. The number of nitriles is 2. The summed E-state index contributed by atoms with van der Waals surface area (Å²) < 4.78 is 1.91. The van der Waals surface area contributed by atoms with Crippen LogP contribution in [0.2, 0.25) is 0 Å². The number of allylic oxidation sites excluding steroid dienone is 2. The lowest BCUT2D eigenvalue weighted by molar-refractivity contribution is 0.804. The lowest BCUT2D eigenvalue weighted by Gasteiger charge is -2.26. The zero-order valence-electron chi connectivity index (χ0n) is 14.8. The fraction of sp³-hybridized carbons (Fsp3) is 0.105. The first-order valence-corrected chi connectivity index (χ1v) is 10.00. The average Bonchev–Trinajstić information content (AvgIpc) is 3.23. The Morgan fingerprint density at radius 1 is 1.21 bits per heavy atom. The Balaban J connectivity index is 1.92. The van der Waals surface area contributed by atoms with Crippen LogP contribution in [0, 0.1) is 29.6 Å². The molecule has 0 saturated heterocycles. The Kier molecular flexibility index (Phi) is 4.47. The van der Waals surface area contributed by atoms with Crippen LogP contribution in [0.4, 0.5) is 5.69 Å². The van der Waals surface area contributed by atoms with Gasteiger partial charge >= 0.3 is 0 Å². The van der Waals surface area contributed by atoms with Gasteiger partial charge in [0, 0.05) is 22.2 Å². The number of nitrogen functional groups attached to an aromatic ring is 1. The molecule has 3 heterocycles. The SMILES string of the molecule is Cc1nc2sccn2c1C1C(C#N)=C(N)NC(Sc2ccccc2N)=C1C#N. The van der Waals surface area contributed by atoms with Crippen molar-refractivity contribution in [2.24, 2.45) is 5.73 Å². The summed E-state index contributed by atoms with van der Waals surface area (Å²) in [5.74, 6) is -0.374. The summed E-state index contributed by atoms with van der Waals surface area (Å²) in [6.07, 6.45) is 1.89. The maximum atomic E-state index is 10.00. The lowest BCUT2D eigenvalue weighted by Crippen LogP contribution is -2.30. The van der Waals surface area contributed by atoms with E-state index >= 15 is 0 Å². The van der Waals surface area contributed by atoms with Gasteiger partial charge in [0.15, 0.2) is 4.96 Å². The molecule has 0 bridgehead atoms. The van der Waals surface area contributed by atoms with E-state index in [1.54, 1.807) is 6.07 Å². The molecule has 4 rings (SSSR count). The highest BCUT2D eigenvalue weighted by atomic mass is 32.2. The second-order valence-corrected chi connectivity index (χ2v) is 8.05. The Hall–Kier alpha value is -3.40. The van der Waals surface area contributed by atoms with Crippen molar-refractivity contribution in [3.63, 3.8) is 0 Å². The van der Waals surface area contributed by atoms with Gasteiger partial charge in [0.1, 0.15) is 5.82 Å². The number of para-hydroxylation sites is 1. The summed E-state index contributed by atoms with van der Waals surface area (Å²) >= 11 is 2.82. The van der Waals surface area contributed by atoms with E-state index in [4.69, 9.17) is 11.5 Å². The van der Waals surface area contributed by atoms with E-state index in [0.29, 0.717) is 21.9 Å². The van der Waals surface area contributed by atoms with Crippen LogP contribution in [-0.4, -0.2) is 9.38 Å². The first kappa shape index (κ1) is 18.0. The number of thiazole rings is 1. The molecule has 0 spiro atoms. The summed E-state index contributed by atoms with van der Waals surface area (Å²) in [7, 11) is 0. The molecule has 3 aromatic rings. The Labute approximate surface area is 169 Å². The van der Waals surface area contributed by atoms with Crippen molar-refractivity contribution in [3.05, 3.63) is 69.2 Å². The predicted molar refractivity (Wildman–Crippen MR) is 110 cm³/mol. The summed E-state index contributed by atoms with van der Waals surface area (Å²) in [5.41, 5.74) is 15.1. The number of rotatable bonds is 3. The van der Waals surface area contributed by atoms with Gasteiger partial charge in [0.25, 0.3) is 0 Å². The van der Waals surface area contributed by atoms with E-state index in [1.165, 1.54) is 23.1 Å². The molecule has 2 aromatic heterocycles. The Bertz CT molecular complexity index is 1230. The first-order valence-electron chi connectivity index (χ1n) is 8.30. The van der Waals surface area contributed by atoms with E-state index in [2.05, 4.69) is 22.4 Å². The molecule has 9 heteroatoms. The predicted octanol–water partition coefficient (Wildman–Crippen LogP) is 3.19. The van der Waals surface area contributed by atoms with Gasteiger partial charge in [0.05, 0.1) is 45.6 Å². The van der Waals surface area contributed by atoms with Gasteiger partial charge in [-0.15, -0.1) is 11.3 Å². The molecule has 0 aliphatic carbocycles. The topological polar surface area (TPSA) is 129 Å². The number of nitrogens with two attached hydrogens (primary N) is 2. The summed E-state index contributed by atoms with van der Waals surface area (Å²) in [5, 5.41) is 25.3. The minimum Gasteiger partial charge on any atom is -0.398 e. The number of benzene rings is 1. The zero-order chi connectivity index (χ0) is 19.8. The van der Waals surface area contributed by atoms with Crippen molar-refractivity contribution in [1.82, 2.24) is 14.7 Å². The first-order chi connectivity index (χ1) is 13.5. The molecule has 1 unspecified atom stereocenters. The van der Waals surface area contributed by atoms with E-state index in [9.17, 15) is 10.5 Å². The molecule has 1 atom stereocenters. The van der Waals surface area contributed by atoms with E-state index in [0.717, 1.165) is 21.2 Å². The summed E-state index contributed by atoms with van der Waals surface area (Å²) in [6, 6.07) is 11.8. The minimum atomic E-state index is -0.603. The van der Waals surface area contributed by atoms with Crippen LogP contribution in [0.5, 0.6) is 0 Å². The zero-order valence-corrected chi connectivity index (χ0v) is 16.4. The van der Waals surface area contributed by atoms with Gasteiger partial charge in [-0.3, -0.25) is 4.40 Å². The van der Waals surface area contributed by atoms with Crippen molar-refractivity contribution in [2.75, 3.05) is 5.73 Å². The molecule has 0 radical (unpaired) electrons. The van der Waals surface area contributed by atoms with Crippen LogP contribution in [-0.2, 0) is 0 Å². The molecule has 7 nitrogen and oxygen atoms in total. The largest absolute Gasteiger partial charge is 0.398 e. The van der Waals surface area contributed by atoms with Gasteiger partial charge in [-0.2, -0.15) is 10.5 Å². The van der Waals surface area contributed by atoms with Crippen LogP contribution in [0.3, 0.4) is 0 Å². The van der Waals surface area contributed by atoms with Crippen molar-refractivity contribution >= 4 is 33.7 Å². The number of fused-ring (bicyclic) bond motifs is 1. The Morgan fingerprint density at radius 2 is 1.96 bits per heavy atom. The maximum absolute atomic E-state index is 10.00. The monoisotopic (exact) mass is 405 g/mol. The van der Waals surface area contributed by atoms with Crippen molar-refractivity contribution in [1.29, 1.82) is 10.5 Å². The number of aryl methyl sites for hydroxylation is 1. The van der Waals surface area contributed by atoms with E-state index < -0.39 is 5.92 Å². The molecule has 138 valence electrons. The molecule has 0 saturated carbocycles. The van der Waals surface area contributed by atoms with E-state index in [1.807, 2.05) is 41.1 Å². The molecule has 5 N–H and O–H groups in total. The molecule has 0 fully saturated rings. The second-order valence-electron chi connectivity index (χ2n) is 6.13. The van der Waals surface area contributed by atoms with Crippen LogP contribution in [0.15, 0.2) is 62.7 Å². The number of dihydropyridines is 1. The molecule has 1 aromatic carbocycles. The maximum Gasteiger partial charge on any atom is 0.194 e.